The summed E-state index contributed by atoms with van der Waals surface area (Å²) in [6, 6.07) is 7.19. The summed E-state index contributed by atoms with van der Waals surface area (Å²) in [7, 11) is 1.62. The van der Waals surface area contributed by atoms with Crippen molar-refractivity contribution >= 4 is 17.7 Å². The highest BCUT2D eigenvalue weighted by atomic mass is 16.5. The predicted molar refractivity (Wildman–Crippen MR) is 76.3 cm³/mol. The van der Waals surface area contributed by atoms with Crippen LogP contribution in [0.3, 0.4) is 0 Å². The van der Waals surface area contributed by atoms with Crippen LogP contribution in [0, 0.1) is 5.92 Å². The Morgan fingerprint density at radius 1 is 1.20 bits per heavy atom. The van der Waals surface area contributed by atoms with Crippen molar-refractivity contribution in [3.05, 3.63) is 59.0 Å². The van der Waals surface area contributed by atoms with E-state index in [0.717, 1.165) is 16.8 Å². The van der Waals surface area contributed by atoms with Crippen molar-refractivity contribution in [1.82, 2.24) is 0 Å². The topological polar surface area (TPSA) is 51.0 Å². The molecule has 0 fully saturated rings. The van der Waals surface area contributed by atoms with E-state index in [2.05, 4.69) is 9.98 Å². The molecule has 4 heteroatoms. The number of benzene rings is 1. The summed E-state index contributed by atoms with van der Waals surface area (Å²) in [6.45, 7) is 0. The second-order valence-corrected chi connectivity index (χ2v) is 4.96. The number of nitrogens with zero attached hydrogens (tertiary/aromatic N) is 2. The van der Waals surface area contributed by atoms with Crippen molar-refractivity contribution in [2.45, 2.75) is 6.04 Å². The van der Waals surface area contributed by atoms with Gasteiger partial charge in [0, 0.05) is 22.9 Å². The van der Waals surface area contributed by atoms with Gasteiger partial charge in [0.2, 0.25) is 0 Å². The summed E-state index contributed by atoms with van der Waals surface area (Å²) in [5, 5.41) is 0. The van der Waals surface area contributed by atoms with Gasteiger partial charge in [-0.15, -0.1) is 0 Å². The SMILES string of the molecule is COC1=CN=C2c3ccccc3C(=O)C3N=CC=C1C23. The van der Waals surface area contributed by atoms with Crippen molar-refractivity contribution in [2.24, 2.45) is 15.9 Å². The quantitative estimate of drug-likeness (QED) is 0.780. The van der Waals surface area contributed by atoms with Crippen molar-refractivity contribution in [3.63, 3.8) is 0 Å². The fourth-order valence-corrected chi connectivity index (χ4v) is 3.10. The molecule has 0 amide bonds. The number of hydrogen-bond acceptors (Lipinski definition) is 4. The summed E-state index contributed by atoms with van der Waals surface area (Å²) in [6.07, 6.45) is 5.32. The summed E-state index contributed by atoms with van der Waals surface area (Å²) in [5.74, 6) is 0.646. The van der Waals surface area contributed by atoms with E-state index < -0.39 is 6.04 Å². The normalized spacial score (nSPS) is 26.1. The Balaban J connectivity index is 2.01. The molecule has 0 bridgehead atoms. The summed E-state index contributed by atoms with van der Waals surface area (Å²) in [4.78, 5) is 21.5. The molecule has 3 aliphatic rings. The monoisotopic (exact) mass is 264 g/mol. The van der Waals surface area contributed by atoms with Crippen molar-refractivity contribution < 1.29 is 9.53 Å². The molecular weight excluding hydrogens is 252 g/mol. The van der Waals surface area contributed by atoms with Crippen molar-refractivity contribution in [1.29, 1.82) is 0 Å². The molecule has 0 saturated heterocycles. The molecule has 98 valence electrons. The molecule has 2 heterocycles. The Morgan fingerprint density at radius 2 is 2.00 bits per heavy atom. The van der Waals surface area contributed by atoms with E-state index in [4.69, 9.17) is 4.74 Å². The van der Waals surface area contributed by atoms with Crippen LogP contribution in [0.2, 0.25) is 0 Å². The lowest BCUT2D eigenvalue weighted by molar-refractivity contribution is 0.0946. The first-order valence-electron chi connectivity index (χ1n) is 6.50. The Hall–Kier alpha value is -2.49. The van der Waals surface area contributed by atoms with E-state index in [1.54, 1.807) is 19.5 Å². The lowest BCUT2D eigenvalue weighted by Gasteiger charge is -2.36. The van der Waals surface area contributed by atoms with Gasteiger partial charge in [-0.2, -0.15) is 0 Å². The predicted octanol–water partition coefficient (Wildman–Crippen LogP) is 2.17. The summed E-state index contributed by atoms with van der Waals surface area (Å²) < 4.78 is 5.36. The maximum atomic E-state index is 12.6. The largest absolute Gasteiger partial charge is 0.495 e. The number of allylic oxidation sites excluding steroid dienone is 2. The third-order valence-corrected chi connectivity index (χ3v) is 4.01. The molecule has 1 aromatic carbocycles. The highest BCUT2D eigenvalue weighted by Crippen LogP contribution is 2.39. The molecule has 4 nitrogen and oxygen atoms in total. The number of hydrogen-bond donors (Lipinski definition) is 0. The zero-order valence-electron chi connectivity index (χ0n) is 10.9. The second kappa shape index (κ2) is 4.00. The van der Waals surface area contributed by atoms with E-state index in [1.807, 2.05) is 30.3 Å². The number of fused-ring (bicyclic) bond motifs is 2. The van der Waals surface area contributed by atoms with Gasteiger partial charge in [-0.25, -0.2) is 0 Å². The number of ether oxygens (including phenoxy) is 1. The number of dihydropyridines is 1. The van der Waals surface area contributed by atoms with Crippen LogP contribution >= 0.6 is 0 Å². The minimum atomic E-state index is -0.414. The molecule has 2 aliphatic heterocycles. The fourth-order valence-electron chi connectivity index (χ4n) is 3.10. The Kier molecular flexibility index (Phi) is 2.27. The van der Waals surface area contributed by atoms with Gasteiger partial charge in [0.1, 0.15) is 11.8 Å². The first kappa shape index (κ1) is 11.3. The average molecular weight is 264 g/mol. The van der Waals surface area contributed by atoms with Crippen LogP contribution in [-0.2, 0) is 4.74 Å². The van der Waals surface area contributed by atoms with E-state index in [9.17, 15) is 4.79 Å². The molecule has 1 aromatic rings. The standard InChI is InChI=1S/C16H12N2O2/c1-20-12-8-18-14-9-4-2-3-5-10(9)16(19)15-13(14)11(12)6-7-17-15/h2-8,13,15H,1H3. The Labute approximate surface area is 116 Å². The lowest BCUT2D eigenvalue weighted by atomic mass is 9.72. The number of Topliss-reactive ketones (excluding diaryl/α,β-unsaturated/α-hetero) is 1. The van der Waals surface area contributed by atoms with E-state index in [1.165, 1.54) is 0 Å². The van der Waals surface area contributed by atoms with Gasteiger partial charge in [-0.1, -0.05) is 24.3 Å². The Morgan fingerprint density at radius 3 is 2.80 bits per heavy atom. The summed E-state index contributed by atoms with van der Waals surface area (Å²) in [5.41, 5.74) is 3.52. The maximum absolute atomic E-state index is 12.6. The molecule has 0 aromatic heterocycles. The average Bonchev–Trinajstić information content (AvgIpc) is 2.52. The number of methoxy groups -OCH3 is 1. The van der Waals surface area contributed by atoms with Gasteiger partial charge in [0.05, 0.1) is 24.9 Å². The van der Waals surface area contributed by atoms with Crippen LogP contribution in [0.4, 0.5) is 0 Å². The molecule has 1 aliphatic carbocycles. The van der Waals surface area contributed by atoms with Gasteiger partial charge in [0.15, 0.2) is 5.78 Å². The lowest BCUT2D eigenvalue weighted by Crippen LogP contribution is -2.43. The zero-order chi connectivity index (χ0) is 13.7. The van der Waals surface area contributed by atoms with Gasteiger partial charge < -0.3 is 4.74 Å². The molecule has 4 rings (SSSR count). The van der Waals surface area contributed by atoms with Gasteiger partial charge >= 0.3 is 0 Å². The van der Waals surface area contributed by atoms with E-state index in [0.29, 0.717) is 11.3 Å². The molecule has 2 unspecified atom stereocenters. The Bertz CT molecular complexity index is 741. The van der Waals surface area contributed by atoms with E-state index >= 15 is 0 Å². The highest BCUT2D eigenvalue weighted by molar-refractivity contribution is 6.22. The minimum Gasteiger partial charge on any atom is -0.495 e. The van der Waals surface area contributed by atoms with Gasteiger partial charge in [-0.05, 0) is 6.08 Å². The first-order chi connectivity index (χ1) is 9.81. The molecule has 0 radical (unpaired) electrons. The van der Waals surface area contributed by atoms with Crippen LogP contribution in [-0.4, -0.2) is 30.9 Å². The molecule has 2 atom stereocenters. The number of carbonyl (C=O) groups excluding carboxylic acids is 1. The molecule has 0 spiro atoms. The zero-order valence-corrected chi connectivity index (χ0v) is 10.9. The smallest absolute Gasteiger partial charge is 0.188 e. The molecular formula is C16H12N2O2. The van der Waals surface area contributed by atoms with Gasteiger partial charge in [-0.3, -0.25) is 14.8 Å². The van der Waals surface area contributed by atoms with Gasteiger partial charge in [0.25, 0.3) is 0 Å². The van der Waals surface area contributed by atoms with Crippen LogP contribution in [0.25, 0.3) is 0 Å². The third kappa shape index (κ3) is 1.33. The van der Waals surface area contributed by atoms with Crippen LogP contribution < -0.4 is 0 Å². The number of aliphatic imine (C=N–C) groups is 2. The van der Waals surface area contributed by atoms with Crippen LogP contribution in [0.15, 0.2) is 57.9 Å². The molecule has 20 heavy (non-hydrogen) atoms. The minimum absolute atomic E-state index is 0.0590. The number of carbonyl (C=O) groups is 1. The first-order valence-corrected chi connectivity index (χ1v) is 6.50. The molecule has 0 N–H and O–H groups in total. The van der Waals surface area contributed by atoms with E-state index in [-0.39, 0.29) is 11.7 Å². The highest BCUT2D eigenvalue weighted by Gasteiger charge is 2.44. The number of rotatable bonds is 1. The van der Waals surface area contributed by atoms with Crippen LogP contribution in [0.1, 0.15) is 15.9 Å². The molecule has 0 saturated carbocycles. The number of ketones is 1. The van der Waals surface area contributed by atoms with Crippen molar-refractivity contribution in [2.75, 3.05) is 7.11 Å². The van der Waals surface area contributed by atoms with Crippen LogP contribution in [0.5, 0.6) is 0 Å². The summed E-state index contributed by atoms with van der Waals surface area (Å²) >= 11 is 0. The second-order valence-electron chi connectivity index (χ2n) is 4.96. The fraction of sp³-hybridized carbons (Fsp3) is 0.188. The third-order valence-electron chi connectivity index (χ3n) is 4.01. The maximum Gasteiger partial charge on any atom is 0.188 e. The van der Waals surface area contributed by atoms with Crippen molar-refractivity contribution in [3.8, 4) is 0 Å².